The number of hydrogen-bond acceptors (Lipinski definition) is 2. The SMILES string of the molecule is O=C(Nc1ccc(Br)cc1Cl)c1ccc(Br)s1. The topological polar surface area (TPSA) is 29.1 Å². The van der Waals surface area contributed by atoms with E-state index in [0.717, 1.165) is 8.26 Å². The number of nitrogens with one attached hydrogen (secondary N) is 1. The number of benzene rings is 1. The van der Waals surface area contributed by atoms with Crippen LogP contribution in [0.4, 0.5) is 5.69 Å². The number of carbonyl (C=O) groups excluding carboxylic acids is 1. The van der Waals surface area contributed by atoms with Crippen molar-refractivity contribution in [3.63, 3.8) is 0 Å². The van der Waals surface area contributed by atoms with E-state index >= 15 is 0 Å². The van der Waals surface area contributed by atoms with Crippen molar-refractivity contribution in [2.45, 2.75) is 0 Å². The minimum absolute atomic E-state index is 0.162. The van der Waals surface area contributed by atoms with Gasteiger partial charge in [-0.25, -0.2) is 0 Å². The molecule has 0 aliphatic rings. The highest BCUT2D eigenvalue weighted by atomic mass is 79.9. The van der Waals surface area contributed by atoms with Gasteiger partial charge in [-0.05, 0) is 46.3 Å². The van der Waals surface area contributed by atoms with E-state index in [0.29, 0.717) is 15.6 Å². The molecule has 1 amide bonds. The van der Waals surface area contributed by atoms with Gasteiger partial charge >= 0.3 is 0 Å². The summed E-state index contributed by atoms with van der Waals surface area (Å²) < 4.78 is 1.80. The lowest BCUT2D eigenvalue weighted by Gasteiger charge is -2.06. The Morgan fingerprint density at radius 2 is 2.00 bits per heavy atom. The van der Waals surface area contributed by atoms with E-state index in [1.165, 1.54) is 11.3 Å². The first-order chi connectivity index (χ1) is 8.06. The highest BCUT2D eigenvalue weighted by molar-refractivity contribution is 9.11. The summed E-state index contributed by atoms with van der Waals surface area (Å²) in [6.07, 6.45) is 0. The normalized spacial score (nSPS) is 10.3. The van der Waals surface area contributed by atoms with Crippen LogP contribution in [0.1, 0.15) is 9.67 Å². The number of rotatable bonds is 2. The van der Waals surface area contributed by atoms with Crippen molar-refractivity contribution < 1.29 is 4.79 Å². The van der Waals surface area contributed by atoms with Crippen molar-refractivity contribution in [3.05, 3.63) is 48.5 Å². The number of hydrogen-bond donors (Lipinski definition) is 1. The largest absolute Gasteiger partial charge is 0.320 e. The van der Waals surface area contributed by atoms with E-state index in [2.05, 4.69) is 37.2 Å². The number of halogens is 3. The van der Waals surface area contributed by atoms with Crippen LogP contribution in [0.3, 0.4) is 0 Å². The van der Waals surface area contributed by atoms with Gasteiger partial charge in [-0.15, -0.1) is 11.3 Å². The third-order valence-electron chi connectivity index (χ3n) is 1.98. The molecule has 2 nitrogen and oxygen atoms in total. The fourth-order valence-corrected chi connectivity index (χ4v) is 3.21. The third-order valence-corrected chi connectivity index (χ3v) is 4.40. The molecule has 2 rings (SSSR count). The van der Waals surface area contributed by atoms with Crippen LogP contribution in [0.5, 0.6) is 0 Å². The number of carbonyl (C=O) groups is 1. The second kappa shape index (κ2) is 5.52. The fourth-order valence-electron chi connectivity index (χ4n) is 1.21. The summed E-state index contributed by atoms with van der Waals surface area (Å²) in [5.41, 5.74) is 0.601. The smallest absolute Gasteiger partial charge is 0.265 e. The van der Waals surface area contributed by atoms with Crippen LogP contribution < -0.4 is 5.32 Å². The quantitative estimate of drug-likeness (QED) is 0.746. The van der Waals surface area contributed by atoms with Crippen molar-refractivity contribution in [1.29, 1.82) is 0 Å². The summed E-state index contributed by atoms with van der Waals surface area (Å²) in [6.45, 7) is 0. The first-order valence-electron chi connectivity index (χ1n) is 4.58. The lowest BCUT2D eigenvalue weighted by atomic mass is 10.3. The molecule has 0 bridgehead atoms. The zero-order chi connectivity index (χ0) is 12.4. The van der Waals surface area contributed by atoms with E-state index in [1.807, 2.05) is 12.1 Å². The monoisotopic (exact) mass is 393 g/mol. The van der Waals surface area contributed by atoms with Crippen LogP contribution in [0.15, 0.2) is 38.6 Å². The van der Waals surface area contributed by atoms with E-state index in [-0.39, 0.29) is 5.91 Å². The lowest BCUT2D eigenvalue weighted by Crippen LogP contribution is -2.10. The Morgan fingerprint density at radius 3 is 2.59 bits per heavy atom. The molecule has 0 spiro atoms. The van der Waals surface area contributed by atoms with Gasteiger partial charge < -0.3 is 5.32 Å². The van der Waals surface area contributed by atoms with Gasteiger partial charge in [-0.1, -0.05) is 27.5 Å². The molecule has 0 unspecified atom stereocenters. The lowest BCUT2D eigenvalue weighted by molar-refractivity contribution is 0.103. The second-order valence-corrected chi connectivity index (χ2v) is 6.97. The van der Waals surface area contributed by atoms with Gasteiger partial charge in [0.1, 0.15) is 0 Å². The summed E-state index contributed by atoms with van der Waals surface area (Å²) in [6, 6.07) is 8.92. The number of amides is 1. The first kappa shape index (κ1) is 13.1. The Morgan fingerprint density at radius 1 is 1.24 bits per heavy atom. The van der Waals surface area contributed by atoms with Gasteiger partial charge in [-0.2, -0.15) is 0 Å². The molecule has 2 aromatic rings. The van der Waals surface area contributed by atoms with E-state index < -0.39 is 0 Å². The van der Waals surface area contributed by atoms with Crippen molar-refractivity contribution >= 4 is 66.4 Å². The average Bonchev–Trinajstić information content (AvgIpc) is 2.69. The van der Waals surface area contributed by atoms with Crippen LogP contribution in [-0.2, 0) is 0 Å². The summed E-state index contributed by atoms with van der Waals surface area (Å²) in [7, 11) is 0. The molecule has 0 aliphatic heterocycles. The van der Waals surface area contributed by atoms with Crippen LogP contribution in [-0.4, -0.2) is 5.91 Å². The predicted octanol–water partition coefficient (Wildman–Crippen LogP) is 5.18. The van der Waals surface area contributed by atoms with Gasteiger partial charge in [-0.3, -0.25) is 4.79 Å². The van der Waals surface area contributed by atoms with Gasteiger partial charge in [0.2, 0.25) is 0 Å². The first-order valence-corrected chi connectivity index (χ1v) is 7.36. The summed E-state index contributed by atoms with van der Waals surface area (Å²) in [4.78, 5) is 12.5. The Labute approximate surface area is 124 Å². The Kier molecular flexibility index (Phi) is 4.25. The van der Waals surface area contributed by atoms with E-state index in [4.69, 9.17) is 11.6 Å². The summed E-state index contributed by atoms with van der Waals surface area (Å²) in [5.74, 6) is -0.162. The van der Waals surface area contributed by atoms with Gasteiger partial charge in [0.25, 0.3) is 5.91 Å². The number of anilines is 1. The maximum Gasteiger partial charge on any atom is 0.265 e. The Hall–Kier alpha value is -0.360. The average molecular weight is 396 g/mol. The van der Waals surface area contributed by atoms with Crippen molar-refractivity contribution in [3.8, 4) is 0 Å². The maximum atomic E-state index is 11.9. The van der Waals surface area contributed by atoms with Crippen LogP contribution in [0.2, 0.25) is 5.02 Å². The summed E-state index contributed by atoms with van der Waals surface area (Å²) in [5, 5.41) is 3.27. The standard InChI is InChI=1S/C11H6Br2ClNOS/c12-6-1-2-8(7(14)5-6)15-11(16)9-3-4-10(13)17-9/h1-5H,(H,15,16). The molecule has 1 N–H and O–H groups in total. The molecule has 88 valence electrons. The minimum atomic E-state index is -0.162. The molecule has 0 aliphatic carbocycles. The Bertz CT molecular complexity index is 570. The molecule has 1 heterocycles. The van der Waals surface area contributed by atoms with E-state index in [1.54, 1.807) is 18.2 Å². The molecule has 1 aromatic heterocycles. The van der Waals surface area contributed by atoms with Crippen molar-refractivity contribution in [2.24, 2.45) is 0 Å². The van der Waals surface area contributed by atoms with Crippen LogP contribution in [0.25, 0.3) is 0 Å². The zero-order valence-electron chi connectivity index (χ0n) is 8.34. The maximum absolute atomic E-state index is 11.9. The molecule has 0 atom stereocenters. The molecule has 1 aromatic carbocycles. The Balaban J connectivity index is 2.18. The number of thiophene rings is 1. The molecule has 0 saturated carbocycles. The van der Waals surface area contributed by atoms with Crippen molar-refractivity contribution in [2.75, 3.05) is 5.32 Å². The van der Waals surface area contributed by atoms with E-state index in [9.17, 15) is 4.79 Å². The molecule has 6 heteroatoms. The van der Waals surface area contributed by atoms with Crippen molar-refractivity contribution in [1.82, 2.24) is 0 Å². The highest BCUT2D eigenvalue weighted by Crippen LogP contribution is 2.27. The van der Waals surface area contributed by atoms with Gasteiger partial charge in [0.05, 0.1) is 19.4 Å². The highest BCUT2D eigenvalue weighted by Gasteiger charge is 2.10. The zero-order valence-corrected chi connectivity index (χ0v) is 13.1. The minimum Gasteiger partial charge on any atom is -0.320 e. The molecule has 17 heavy (non-hydrogen) atoms. The van der Waals surface area contributed by atoms with Gasteiger partial charge in [0.15, 0.2) is 0 Å². The second-order valence-electron chi connectivity index (χ2n) is 3.18. The molecule has 0 saturated heterocycles. The molecule has 0 radical (unpaired) electrons. The fraction of sp³-hybridized carbons (Fsp3) is 0. The molecular formula is C11H6Br2ClNOS. The molecule has 0 fully saturated rings. The predicted molar refractivity (Wildman–Crippen MR) is 79.1 cm³/mol. The molecular weight excluding hydrogens is 389 g/mol. The van der Waals surface area contributed by atoms with Crippen LogP contribution >= 0.6 is 54.8 Å². The van der Waals surface area contributed by atoms with Crippen LogP contribution in [0, 0.1) is 0 Å². The third kappa shape index (κ3) is 3.31. The summed E-state index contributed by atoms with van der Waals surface area (Å²) >= 11 is 14.0. The van der Waals surface area contributed by atoms with Gasteiger partial charge in [0, 0.05) is 4.47 Å².